The highest BCUT2D eigenvalue weighted by molar-refractivity contribution is 6.41. The van der Waals surface area contributed by atoms with Gasteiger partial charge in [-0.05, 0) is 43.7 Å². The SMILES string of the molecule is CCN(CC)c1ccc(C=NNc2c(Cl)cc(Cl)cc2Cl)cc1. The maximum atomic E-state index is 6.09. The van der Waals surface area contributed by atoms with Crippen molar-refractivity contribution in [3.05, 3.63) is 57.0 Å². The summed E-state index contributed by atoms with van der Waals surface area (Å²) in [5.41, 5.74) is 5.57. The summed E-state index contributed by atoms with van der Waals surface area (Å²) in [6.45, 7) is 6.25. The number of halogens is 3. The second-order valence-corrected chi connectivity index (χ2v) is 6.13. The summed E-state index contributed by atoms with van der Waals surface area (Å²) in [7, 11) is 0. The number of benzene rings is 2. The molecule has 2 aromatic rings. The Kier molecular flexibility index (Phi) is 6.58. The van der Waals surface area contributed by atoms with Crippen molar-refractivity contribution in [2.24, 2.45) is 5.10 Å². The van der Waals surface area contributed by atoms with E-state index in [4.69, 9.17) is 34.8 Å². The molecular formula is C17H18Cl3N3. The van der Waals surface area contributed by atoms with Gasteiger partial charge in [0.25, 0.3) is 0 Å². The van der Waals surface area contributed by atoms with E-state index in [2.05, 4.69) is 41.4 Å². The number of hydrazone groups is 1. The van der Waals surface area contributed by atoms with Crippen molar-refractivity contribution < 1.29 is 0 Å². The Balaban J connectivity index is 2.07. The smallest absolute Gasteiger partial charge is 0.0935 e. The molecule has 0 heterocycles. The Morgan fingerprint density at radius 1 is 1.00 bits per heavy atom. The summed E-state index contributed by atoms with van der Waals surface area (Å²) in [4.78, 5) is 2.28. The topological polar surface area (TPSA) is 27.6 Å². The third-order valence-corrected chi connectivity index (χ3v) is 4.23. The molecule has 1 N–H and O–H groups in total. The van der Waals surface area contributed by atoms with Crippen molar-refractivity contribution in [1.82, 2.24) is 0 Å². The van der Waals surface area contributed by atoms with E-state index in [1.165, 1.54) is 5.69 Å². The molecule has 0 aliphatic rings. The zero-order chi connectivity index (χ0) is 16.8. The van der Waals surface area contributed by atoms with Gasteiger partial charge in [-0.3, -0.25) is 5.43 Å². The first-order valence-electron chi connectivity index (χ1n) is 7.33. The number of rotatable bonds is 6. The molecule has 0 radical (unpaired) electrons. The zero-order valence-electron chi connectivity index (χ0n) is 13.0. The number of nitrogens with zero attached hydrogens (tertiary/aromatic N) is 2. The Labute approximate surface area is 151 Å². The quantitative estimate of drug-likeness (QED) is 0.503. The molecule has 3 nitrogen and oxygen atoms in total. The van der Waals surface area contributed by atoms with Crippen molar-refractivity contribution in [3.8, 4) is 0 Å². The third kappa shape index (κ3) is 4.77. The highest BCUT2D eigenvalue weighted by atomic mass is 35.5. The van der Waals surface area contributed by atoms with Gasteiger partial charge in [-0.15, -0.1) is 0 Å². The molecular weight excluding hydrogens is 353 g/mol. The Morgan fingerprint density at radius 3 is 2.09 bits per heavy atom. The van der Waals surface area contributed by atoms with Crippen molar-refractivity contribution in [3.63, 3.8) is 0 Å². The van der Waals surface area contributed by atoms with Gasteiger partial charge in [-0.1, -0.05) is 46.9 Å². The average molecular weight is 371 g/mol. The standard InChI is InChI=1S/C17H18Cl3N3/c1-3-23(4-2)14-7-5-12(6-8-14)11-21-22-17-15(19)9-13(18)10-16(17)20/h5-11,22H,3-4H2,1-2H3. The molecule has 0 spiro atoms. The van der Waals surface area contributed by atoms with Gasteiger partial charge in [0.2, 0.25) is 0 Å². The van der Waals surface area contributed by atoms with Crippen molar-refractivity contribution in [1.29, 1.82) is 0 Å². The van der Waals surface area contributed by atoms with Gasteiger partial charge in [-0.2, -0.15) is 5.10 Å². The number of hydrogen-bond donors (Lipinski definition) is 1. The van der Waals surface area contributed by atoms with E-state index in [-0.39, 0.29) is 0 Å². The Hall–Kier alpha value is -1.42. The highest BCUT2D eigenvalue weighted by Crippen LogP contribution is 2.33. The molecule has 0 amide bonds. The van der Waals surface area contributed by atoms with Gasteiger partial charge in [0, 0.05) is 23.8 Å². The molecule has 2 aromatic carbocycles. The molecule has 122 valence electrons. The molecule has 0 saturated heterocycles. The lowest BCUT2D eigenvalue weighted by Crippen LogP contribution is -2.21. The molecule has 2 rings (SSSR count). The molecule has 0 bridgehead atoms. The minimum absolute atomic E-state index is 0.427. The van der Waals surface area contributed by atoms with Crippen LogP contribution in [0, 0.1) is 0 Å². The van der Waals surface area contributed by atoms with Gasteiger partial charge in [0.15, 0.2) is 0 Å². The van der Waals surface area contributed by atoms with Crippen LogP contribution < -0.4 is 10.3 Å². The Bertz CT molecular complexity index is 657. The normalized spacial score (nSPS) is 11.0. The third-order valence-electron chi connectivity index (χ3n) is 3.42. The van der Waals surface area contributed by atoms with E-state index in [0.717, 1.165) is 18.7 Å². The van der Waals surface area contributed by atoms with Gasteiger partial charge >= 0.3 is 0 Å². The van der Waals surface area contributed by atoms with E-state index in [1.807, 2.05) is 12.1 Å². The largest absolute Gasteiger partial charge is 0.372 e. The van der Waals surface area contributed by atoms with E-state index in [1.54, 1.807) is 18.3 Å². The molecule has 0 unspecified atom stereocenters. The van der Waals surface area contributed by atoms with Crippen LogP contribution in [0.25, 0.3) is 0 Å². The van der Waals surface area contributed by atoms with Crippen LogP contribution in [0.1, 0.15) is 19.4 Å². The van der Waals surface area contributed by atoms with Gasteiger partial charge in [0.05, 0.1) is 21.9 Å². The molecule has 23 heavy (non-hydrogen) atoms. The van der Waals surface area contributed by atoms with Crippen LogP contribution in [-0.4, -0.2) is 19.3 Å². The lowest BCUT2D eigenvalue weighted by molar-refractivity contribution is 0.866. The van der Waals surface area contributed by atoms with Gasteiger partial charge in [0.1, 0.15) is 0 Å². The molecule has 0 aromatic heterocycles. The van der Waals surface area contributed by atoms with E-state index < -0.39 is 0 Å². The van der Waals surface area contributed by atoms with Gasteiger partial charge < -0.3 is 4.90 Å². The van der Waals surface area contributed by atoms with Crippen molar-refractivity contribution in [2.45, 2.75) is 13.8 Å². The van der Waals surface area contributed by atoms with Crippen LogP contribution in [0.15, 0.2) is 41.5 Å². The predicted octanol–water partition coefficient (Wildman–Crippen LogP) is 5.94. The highest BCUT2D eigenvalue weighted by Gasteiger charge is 2.06. The first-order valence-corrected chi connectivity index (χ1v) is 8.47. The van der Waals surface area contributed by atoms with Crippen LogP contribution in [0.3, 0.4) is 0 Å². The fraction of sp³-hybridized carbons (Fsp3) is 0.235. The summed E-state index contributed by atoms with van der Waals surface area (Å²) < 4.78 is 0. The summed E-state index contributed by atoms with van der Waals surface area (Å²) in [6.07, 6.45) is 1.72. The van der Waals surface area contributed by atoms with E-state index in [9.17, 15) is 0 Å². The van der Waals surface area contributed by atoms with Gasteiger partial charge in [-0.25, -0.2) is 0 Å². The lowest BCUT2D eigenvalue weighted by Gasteiger charge is -2.20. The minimum atomic E-state index is 0.427. The summed E-state index contributed by atoms with van der Waals surface area (Å²) in [5.74, 6) is 0. The lowest BCUT2D eigenvalue weighted by atomic mass is 10.2. The summed E-state index contributed by atoms with van der Waals surface area (Å²) in [5, 5.41) is 5.52. The molecule has 0 aliphatic heterocycles. The second-order valence-electron chi connectivity index (χ2n) is 4.88. The maximum absolute atomic E-state index is 6.09. The fourth-order valence-electron chi connectivity index (χ4n) is 2.18. The van der Waals surface area contributed by atoms with Crippen molar-refractivity contribution in [2.75, 3.05) is 23.4 Å². The van der Waals surface area contributed by atoms with Crippen LogP contribution in [0.5, 0.6) is 0 Å². The molecule has 0 fully saturated rings. The van der Waals surface area contributed by atoms with Crippen LogP contribution in [-0.2, 0) is 0 Å². The molecule has 6 heteroatoms. The fourth-order valence-corrected chi connectivity index (χ4v) is 3.08. The molecule has 0 atom stereocenters. The zero-order valence-corrected chi connectivity index (χ0v) is 15.3. The Morgan fingerprint density at radius 2 is 1.57 bits per heavy atom. The van der Waals surface area contributed by atoms with Crippen LogP contribution >= 0.6 is 34.8 Å². The van der Waals surface area contributed by atoms with E-state index >= 15 is 0 Å². The first kappa shape index (κ1) is 17.9. The van der Waals surface area contributed by atoms with Crippen molar-refractivity contribution >= 4 is 52.4 Å². The number of nitrogens with one attached hydrogen (secondary N) is 1. The monoisotopic (exact) mass is 369 g/mol. The van der Waals surface area contributed by atoms with Crippen LogP contribution in [0.4, 0.5) is 11.4 Å². The number of hydrogen-bond acceptors (Lipinski definition) is 3. The second kappa shape index (κ2) is 8.44. The molecule has 0 aliphatic carbocycles. The van der Waals surface area contributed by atoms with Crippen LogP contribution in [0.2, 0.25) is 15.1 Å². The number of anilines is 2. The summed E-state index contributed by atoms with van der Waals surface area (Å²) >= 11 is 18.1. The maximum Gasteiger partial charge on any atom is 0.0935 e. The average Bonchev–Trinajstić information content (AvgIpc) is 2.52. The van der Waals surface area contributed by atoms with E-state index in [0.29, 0.717) is 20.8 Å². The summed E-state index contributed by atoms with van der Waals surface area (Å²) in [6, 6.07) is 11.4. The minimum Gasteiger partial charge on any atom is -0.372 e. The first-order chi connectivity index (χ1) is 11.0. The predicted molar refractivity (Wildman–Crippen MR) is 103 cm³/mol. The molecule has 0 saturated carbocycles.